The van der Waals surface area contributed by atoms with Crippen LogP contribution in [0.2, 0.25) is 15.1 Å². The minimum absolute atomic E-state index is 0.0121. The number of ether oxygens (including phenoxy) is 1. The molecule has 1 aliphatic carbocycles. The summed E-state index contributed by atoms with van der Waals surface area (Å²) < 4.78 is 11.8. The van der Waals surface area contributed by atoms with E-state index in [0.29, 0.717) is 69.4 Å². The highest BCUT2D eigenvalue weighted by Crippen LogP contribution is 2.46. The average Bonchev–Trinajstić information content (AvgIpc) is 3.79. The third kappa shape index (κ3) is 6.57. The molecule has 6 rings (SSSR count). The molecule has 2 fully saturated rings. The van der Waals surface area contributed by atoms with Crippen molar-refractivity contribution in [3.63, 3.8) is 0 Å². The maximum atomic E-state index is 13.0. The molecule has 8 nitrogen and oxygen atoms in total. The van der Waals surface area contributed by atoms with Crippen LogP contribution in [0.15, 0.2) is 59.1 Å². The van der Waals surface area contributed by atoms with Gasteiger partial charge >= 0.3 is 5.97 Å². The van der Waals surface area contributed by atoms with Crippen molar-refractivity contribution >= 4 is 46.7 Å². The molecule has 0 atom stereocenters. The van der Waals surface area contributed by atoms with Crippen molar-refractivity contribution in [1.29, 1.82) is 0 Å². The van der Waals surface area contributed by atoms with E-state index in [2.05, 4.69) is 22.3 Å². The van der Waals surface area contributed by atoms with Gasteiger partial charge in [-0.05, 0) is 55.3 Å². The van der Waals surface area contributed by atoms with Crippen molar-refractivity contribution in [2.75, 3.05) is 26.2 Å². The number of benzene rings is 3. The van der Waals surface area contributed by atoms with Gasteiger partial charge in [0.2, 0.25) is 0 Å². The lowest BCUT2D eigenvalue weighted by molar-refractivity contribution is 0.0696. The van der Waals surface area contributed by atoms with Crippen LogP contribution >= 0.6 is 34.8 Å². The van der Waals surface area contributed by atoms with Gasteiger partial charge in [0.05, 0.1) is 26.2 Å². The second-order valence-electron chi connectivity index (χ2n) is 10.6. The van der Waals surface area contributed by atoms with Gasteiger partial charge in [-0.1, -0.05) is 57.9 Å². The first-order chi connectivity index (χ1) is 21.3. The lowest BCUT2D eigenvalue weighted by atomic mass is 10.0. The molecule has 11 heteroatoms. The molecular weight excluding hydrogens is 625 g/mol. The molecule has 1 saturated heterocycles. The van der Waals surface area contributed by atoms with Crippen LogP contribution in [0, 0.1) is 11.8 Å². The fraction of sp³-hybridized carbons (Fsp3) is 0.242. The number of rotatable bonds is 7. The normalized spacial score (nSPS) is 14.6. The Morgan fingerprint density at radius 1 is 0.977 bits per heavy atom. The van der Waals surface area contributed by atoms with Gasteiger partial charge in [0.15, 0.2) is 0 Å². The SMILES string of the molecule is O=C(O)c1cc(C#Cc2ccc(OCc3c(-c4c(Cl)cccc4Cl)noc3C3CC3)cc2Cl)cc(C(=O)N2CCNCC2)c1. The van der Waals surface area contributed by atoms with Crippen molar-refractivity contribution in [2.45, 2.75) is 25.4 Å². The summed E-state index contributed by atoms with van der Waals surface area (Å²) >= 11 is 19.5. The van der Waals surface area contributed by atoms with E-state index in [1.54, 1.807) is 47.4 Å². The predicted octanol–water partition coefficient (Wildman–Crippen LogP) is 6.90. The van der Waals surface area contributed by atoms with Crippen molar-refractivity contribution in [2.24, 2.45) is 0 Å². The maximum Gasteiger partial charge on any atom is 0.335 e. The highest BCUT2D eigenvalue weighted by Gasteiger charge is 2.33. The largest absolute Gasteiger partial charge is 0.489 e. The number of hydrogen-bond acceptors (Lipinski definition) is 6. The molecular formula is C33H26Cl3N3O5. The molecule has 4 aromatic rings. The van der Waals surface area contributed by atoms with Gasteiger partial charge in [-0.3, -0.25) is 4.79 Å². The van der Waals surface area contributed by atoms with Gasteiger partial charge < -0.3 is 24.6 Å². The zero-order valence-electron chi connectivity index (χ0n) is 23.3. The van der Waals surface area contributed by atoms with Gasteiger partial charge in [-0.25, -0.2) is 4.79 Å². The summed E-state index contributed by atoms with van der Waals surface area (Å²) in [6.07, 6.45) is 2.02. The van der Waals surface area contributed by atoms with Gasteiger partial charge in [-0.2, -0.15) is 0 Å². The molecule has 2 N–H and O–H groups in total. The summed E-state index contributed by atoms with van der Waals surface area (Å²) in [6, 6.07) is 14.8. The van der Waals surface area contributed by atoms with Gasteiger partial charge in [0, 0.05) is 60.4 Å². The van der Waals surface area contributed by atoms with E-state index in [0.717, 1.165) is 24.2 Å². The summed E-state index contributed by atoms with van der Waals surface area (Å²) in [5, 5.41) is 18.4. The van der Waals surface area contributed by atoms with Crippen molar-refractivity contribution < 1.29 is 24.0 Å². The van der Waals surface area contributed by atoms with Crippen LogP contribution in [0.5, 0.6) is 5.75 Å². The van der Waals surface area contributed by atoms with E-state index in [-0.39, 0.29) is 29.6 Å². The number of nitrogens with zero attached hydrogens (tertiary/aromatic N) is 2. The van der Waals surface area contributed by atoms with E-state index in [4.69, 9.17) is 44.1 Å². The number of nitrogens with one attached hydrogen (secondary N) is 1. The first-order valence-electron chi connectivity index (χ1n) is 14.0. The van der Waals surface area contributed by atoms with Gasteiger partial charge in [0.1, 0.15) is 23.8 Å². The first kappa shape index (κ1) is 30.0. The molecule has 0 spiro atoms. The molecule has 1 aliphatic heterocycles. The number of hydrogen-bond donors (Lipinski definition) is 2. The van der Waals surface area contributed by atoms with Gasteiger partial charge in [0.25, 0.3) is 5.91 Å². The number of carbonyl (C=O) groups excluding carboxylic acids is 1. The Kier molecular flexibility index (Phi) is 8.83. The Labute approximate surface area is 268 Å². The second kappa shape index (κ2) is 12.9. The molecule has 44 heavy (non-hydrogen) atoms. The molecule has 0 bridgehead atoms. The van der Waals surface area contributed by atoms with E-state index >= 15 is 0 Å². The fourth-order valence-electron chi connectivity index (χ4n) is 5.03. The Balaban J connectivity index is 1.22. The average molecular weight is 651 g/mol. The lowest BCUT2D eigenvalue weighted by Crippen LogP contribution is -2.46. The van der Waals surface area contributed by atoms with Crippen LogP contribution < -0.4 is 10.1 Å². The molecule has 2 heterocycles. The third-order valence-electron chi connectivity index (χ3n) is 7.46. The Morgan fingerprint density at radius 3 is 2.39 bits per heavy atom. The maximum absolute atomic E-state index is 13.0. The van der Waals surface area contributed by atoms with E-state index in [1.807, 2.05) is 0 Å². The highest BCUT2D eigenvalue weighted by molar-refractivity contribution is 6.39. The van der Waals surface area contributed by atoms with E-state index < -0.39 is 5.97 Å². The zero-order chi connectivity index (χ0) is 30.8. The van der Waals surface area contributed by atoms with Crippen molar-refractivity contribution in [3.8, 4) is 28.8 Å². The summed E-state index contributed by atoms with van der Waals surface area (Å²) in [5.74, 6) is 6.15. The molecule has 1 saturated carbocycles. The minimum Gasteiger partial charge on any atom is -0.489 e. The number of aromatic nitrogens is 1. The fourth-order valence-corrected chi connectivity index (χ4v) is 5.82. The van der Waals surface area contributed by atoms with Crippen LogP contribution in [-0.4, -0.2) is 53.2 Å². The third-order valence-corrected chi connectivity index (χ3v) is 8.41. The van der Waals surface area contributed by atoms with E-state index in [9.17, 15) is 14.7 Å². The molecule has 224 valence electrons. The predicted molar refractivity (Wildman–Crippen MR) is 168 cm³/mol. The molecule has 1 aromatic heterocycles. The second-order valence-corrected chi connectivity index (χ2v) is 11.8. The summed E-state index contributed by atoms with van der Waals surface area (Å²) in [4.78, 5) is 26.5. The monoisotopic (exact) mass is 649 g/mol. The Morgan fingerprint density at radius 2 is 1.70 bits per heavy atom. The molecule has 2 aliphatic rings. The number of carboxylic acids is 1. The minimum atomic E-state index is -1.14. The zero-order valence-corrected chi connectivity index (χ0v) is 25.6. The van der Waals surface area contributed by atoms with Crippen LogP contribution in [0.4, 0.5) is 0 Å². The lowest BCUT2D eigenvalue weighted by Gasteiger charge is -2.27. The Hall–Kier alpha value is -4.00. The Bertz CT molecular complexity index is 1800. The number of amides is 1. The summed E-state index contributed by atoms with van der Waals surface area (Å²) in [7, 11) is 0. The van der Waals surface area contributed by atoms with Crippen LogP contribution in [0.3, 0.4) is 0 Å². The van der Waals surface area contributed by atoms with Crippen LogP contribution in [-0.2, 0) is 6.61 Å². The van der Waals surface area contributed by atoms with Crippen LogP contribution in [0.25, 0.3) is 11.3 Å². The number of carbonyl (C=O) groups is 2. The quantitative estimate of drug-likeness (QED) is 0.210. The standard InChI is InChI=1S/C33H26Cl3N3O5/c34-26-2-1-3-27(35)29(26)30-25(31(44-38-30)21-6-7-21)18-43-24-9-8-20(28(36)17-24)5-4-19-14-22(16-23(15-19)33(41)42)32(40)39-12-10-37-11-13-39/h1-3,8-9,14-17,21,37H,6-7,10-13,18H2,(H,41,42). The molecule has 0 radical (unpaired) electrons. The molecule has 1 amide bonds. The highest BCUT2D eigenvalue weighted by atomic mass is 35.5. The molecule has 3 aromatic carbocycles. The van der Waals surface area contributed by atoms with Crippen molar-refractivity contribution in [3.05, 3.63) is 103 Å². The van der Waals surface area contributed by atoms with Crippen LogP contribution in [0.1, 0.15) is 61.9 Å². The van der Waals surface area contributed by atoms with Gasteiger partial charge in [-0.15, -0.1) is 0 Å². The molecule has 0 unspecified atom stereocenters. The smallest absolute Gasteiger partial charge is 0.335 e. The summed E-state index contributed by atoms with van der Waals surface area (Å²) in [6.45, 7) is 2.64. The van der Waals surface area contributed by atoms with E-state index in [1.165, 1.54) is 12.1 Å². The topological polar surface area (TPSA) is 105 Å². The number of halogens is 3. The number of piperazine rings is 1. The first-order valence-corrected chi connectivity index (χ1v) is 15.2. The summed E-state index contributed by atoms with van der Waals surface area (Å²) in [5.41, 5.74) is 3.11. The number of aromatic carboxylic acids is 1. The van der Waals surface area contributed by atoms with Crippen molar-refractivity contribution in [1.82, 2.24) is 15.4 Å². The number of carboxylic acid groups (broad SMARTS) is 1.